The van der Waals surface area contributed by atoms with E-state index < -0.39 is 0 Å². The number of benzene rings is 4. The van der Waals surface area contributed by atoms with Gasteiger partial charge in [-0.25, -0.2) is 0 Å². The Morgan fingerprint density at radius 2 is 1.38 bits per heavy atom. The molecular weight excluding hydrogens is 451 g/mol. The van der Waals surface area contributed by atoms with E-state index in [9.17, 15) is 0 Å². The molecule has 0 aromatic heterocycles. The monoisotopic (exact) mass is 482 g/mol. The normalized spacial score (nSPS) is 21.9. The summed E-state index contributed by atoms with van der Waals surface area (Å²) in [4.78, 5) is 0. The van der Waals surface area contributed by atoms with Gasteiger partial charge in [-0.3, -0.25) is 0 Å². The van der Waals surface area contributed by atoms with Gasteiger partial charge in [0, 0.05) is 5.92 Å². The smallest absolute Gasteiger partial charge is 0.399 e. The summed E-state index contributed by atoms with van der Waals surface area (Å²) in [6.07, 6.45) is 14.7. The molecular formula is C34H31BO2. The van der Waals surface area contributed by atoms with Crippen molar-refractivity contribution in [1.82, 2.24) is 0 Å². The van der Waals surface area contributed by atoms with Crippen molar-refractivity contribution in [3.63, 3.8) is 0 Å². The van der Waals surface area contributed by atoms with Crippen LogP contribution in [-0.4, -0.2) is 18.3 Å². The number of fused-ring (bicyclic) bond motifs is 7. The Morgan fingerprint density at radius 3 is 2.11 bits per heavy atom. The Hall–Kier alpha value is -3.40. The van der Waals surface area contributed by atoms with Crippen LogP contribution in [0.2, 0.25) is 0 Å². The highest BCUT2D eigenvalue weighted by Gasteiger charge is 2.51. The fourth-order valence-electron chi connectivity index (χ4n) is 5.94. The van der Waals surface area contributed by atoms with Crippen molar-refractivity contribution in [1.29, 1.82) is 0 Å². The molecule has 1 heterocycles. The van der Waals surface area contributed by atoms with Gasteiger partial charge in [0.25, 0.3) is 0 Å². The van der Waals surface area contributed by atoms with E-state index in [0.29, 0.717) is 5.92 Å². The molecule has 3 heteroatoms. The third kappa shape index (κ3) is 3.56. The maximum absolute atomic E-state index is 6.38. The van der Waals surface area contributed by atoms with Crippen molar-refractivity contribution in [3.05, 3.63) is 108 Å². The van der Waals surface area contributed by atoms with Crippen molar-refractivity contribution >= 4 is 50.5 Å². The highest BCUT2D eigenvalue weighted by molar-refractivity contribution is 6.62. The predicted octanol–water partition coefficient (Wildman–Crippen LogP) is 7.90. The molecule has 4 aromatic rings. The summed E-state index contributed by atoms with van der Waals surface area (Å²) in [5.74, 6) is 0.474. The van der Waals surface area contributed by atoms with Crippen LogP contribution in [0.25, 0.3) is 37.9 Å². The lowest BCUT2D eigenvalue weighted by molar-refractivity contribution is 0.00578. The van der Waals surface area contributed by atoms with E-state index in [1.54, 1.807) is 0 Å². The zero-order valence-electron chi connectivity index (χ0n) is 21.9. The van der Waals surface area contributed by atoms with Gasteiger partial charge in [-0.2, -0.15) is 0 Å². The lowest BCUT2D eigenvalue weighted by Gasteiger charge is -2.32. The number of hydrogen-bond donors (Lipinski definition) is 0. The van der Waals surface area contributed by atoms with Gasteiger partial charge >= 0.3 is 7.12 Å². The fourth-order valence-corrected chi connectivity index (χ4v) is 5.94. The van der Waals surface area contributed by atoms with E-state index >= 15 is 0 Å². The molecule has 4 aromatic carbocycles. The zero-order valence-corrected chi connectivity index (χ0v) is 21.9. The molecule has 0 bridgehead atoms. The maximum Gasteiger partial charge on any atom is 0.494 e. The topological polar surface area (TPSA) is 18.5 Å². The van der Waals surface area contributed by atoms with Crippen LogP contribution in [0.1, 0.15) is 39.7 Å². The van der Waals surface area contributed by atoms with Crippen molar-refractivity contribution in [2.75, 3.05) is 0 Å². The molecule has 1 saturated heterocycles. The first kappa shape index (κ1) is 22.8. The molecule has 2 nitrogen and oxygen atoms in total. The van der Waals surface area contributed by atoms with E-state index in [2.05, 4.69) is 125 Å². The summed E-state index contributed by atoms with van der Waals surface area (Å²) in [6, 6.07) is 22.4. The van der Waals surface area contributed by atoms with E-state index in [4.69, 9.17) is 9.31 Å². The molecule has 0 N–H and O–H groups in total. The quantitative estimate of drug-likeness (QED) is 0.214. The van der Waals surface area contributed by atoms with Crippen LogP contribution < -0.4 is 5.46 Å². The molecule has 0 spiro atoms. The first-order valence-corrected chi connectivity index (χ1v) is 13.3. The number of rotatable bonds is 2. The Morgan fingerprint density at radius 1 is 0.730 bits per heavy atom. The maximum atomic E-state index is 6.38. The SMILES string of the molecule is CC1(C)OB(c2ccc3c4ccc(C5=CC6CC=CC=C6C=C5)cc4c4ccccc4c3c2)OC1(C)C. The third-order valence-electron chi connectivity index (χ3n) is 8.80. The van der Waals surface area contributed by atoms with Crippen LogP contribution in [-0.2, 0) is 9.31 Å². The lowest BCUT2D eigenvalue weighted by atomic mass is 9.77. The highest BCUT2D eigenvalue weighted by atomic mass is 16.7. The van der Waals surface area contributed by atoms with Gasteiger partial charge in [-0.15, -0.1) is 0 Å². The summed E-state index contributed by atoms with van der Waals surface area (Å²) >= 11 is 0. The van der Waals surface area contributed by atoms with Crippen LogP contribution in [0.3, 0.4) is 0 Å². The molecule has 182 valence electrons. The van der Waals surface area contributed by atoms with Gasteiger partial charge in [0.05, 0.1) is 11.2 Å². The largest absolute Gasteiger partial charge is 0.494 e. The summed E-state index contributed by atoms with van der Waals surface area (Å²) in [7, 11) is -0.371. The van der Waals surface area contributed by atoms with Gasteiger partial charge in [0.1, 0.15) is 0 Å². The summed E-state index contributed by atoms with van der Waals surface area (Å²) < 4.78 is 12.8. The average Bonchev–Trinajstić information content (AvgIpc) is 3.14. The molecule has 0 saturated carbocycles. The van der Waals surface area contributed by atoms with Crippen LogP contribution in [0, 0.1) is 5.92 Å². The predicted molar refractivity (Wildman–Crippen MR) is 157 cm³/mol. The molecule has 2 aliphatic carbocycles. The van der Waals surface area contributed by atoms with Gasteiger partial charge in [0.2, 0.25) is 0 Å². The molecule has 1 fully saturated rings. The second-order valence-electron chi connectivity index (χ2n) is 11.6. The second kappa shape index (κ2) is 8.05. The van der Waals surface area contributed by atoms with Gasteiger partial charge in [-0.05, 0) is 94.7 Å². The van der Waals surface area contributed by atoms with Gasteiger partial charge in [-0.1, -0.05) is 91.1 Å². The van der Waals surface area contributed by atoms with Crippen molar-refractivity contribution < 1.29 is 9.31 Å². The Bertz CT molecular complexity index is 1680. The van der Waals surface area contributed by atoms with Crippen molar-refractivity contribution in [3.8, 4) is 0 Å². The van der Waals surface area contributed by atoms with Crippen molar-refractivity contribution in [2.24, 2.45) is 5.92 Å². The molecule has 0 radical (unpaired) electrons. The second-order valence-corrected chi connectivity index (χ2v) is 11.6. The molecule has 1 atom stereocenters. The Kier molecular flexibility index (Phi) is 4.96. The third-order valence-corrected chi connectivity index (χ3v) is 8.80. The first-order chi connectivity index (χ1) is 17.8. The van der Waals surface area contributed by atoms with E-state index in [-0.39, 0.29) is 18.3 Å². The molecule has 3 aliphatic rings. The molecule has 1 aliphatic heterocycles. The minimum Gasteiger partial charge on any atom is -0.399 e. The van der Waals surface area contributed by atoms with Gasteiger partial charge in [0.15, 0.2) is 0 Å². The van der Waals surface area contributed by atoms with Gasteiger partial charge < -0.3 is 9.31 Å². The molecule has 1 unspecified atom stereocenters. The number of allylic oxidation sites excluding steroid dienone is 8. The van der Waals surface area contributed by atoms with Crippen molar-refractivity contribution in [2.45, 2.75) is 45.3 Å². The van der Waals surface area contributed by atoms with Crippen LogP contribution in [0.15, 0.2) is 103 Å². The summed E-state index contributed by atoms with van der Waals surface area (Å²) in [5.41, 5.74) is 4.33. The molecule has 37 heavy (non-hydrogen) atoms. The summed E-state index contributed by atoms with van der Waals surface area (Å²) in [5, 5.41) is 7.61. The average molecular weight is 482 g/mol. The molecule has 0 amide bonds. The van der Waals surface area contributed by atoms with Crippen LogP contribution in [0.5, 0.6) is 0 Å². The summed E-state index contributed by atoms with van der Waals surface area (Å²) in [6.45, 7) is 8.42. The fraction of sp³-hybridized carbons (Fsp3) is 0.235. The Balaban J connectivity index is 1.38. The first-order valence-electron chi connectivity index (χ1n) is 13.3. The highest BCUT2D eigenvalue weighted by Crippen LogP contribution is 2.40. The zero-order chi connectivity index (χ0) is 25.4. The number of hydrogen-bond acceptors (Lipinski definition) is 2. The van der Waals surface area contributed by atoms with E-state index in [0.717, 1.165) is 11.9 Å². The minimum absolute atomic E-state index is 0.360. The minimum atomic E-state index is -0.371. The Labute approximate surface area is 219 Å². The van der Waals surface area contributed by atoms with Crippen LogP contribution in [0.4, 0.5) is 0 Å². The molecule has 7 rings (SSSR count). The van der Waals surface area contributed by atoms with E-state index in [1.807, 2.05) is 0 Å². The lowest BCUT2D eigenvalue weighted by Crippen LogP contribution is -2.41. The van der Waals surface area contributed by atoms with E-state index in [1.165, 1.54) is 49.0 Å². The standard InChI is InChI=1S/C34H31BO2/c1-33(2)34(3,4)37-35(36-33)26-16-18-30-29-17-15-25(24-14-13-22-9-5-6-10-23(22)19-24)20-31(29)27-11-7-8-12-28(27)32(30)21-26/h5-9,11-21,23H,10H2,1-4H3. The van der Waals surface area contributed by atoms with Crippen LogP contribution >= 0.6 is 0 Å².